The van der Waals surface area contributed by atoms with Crippen molar-refractivity contribution >= 4 is 6.09 Å². The second-order valence-corrected chi connectivity index (χ2v) is 2.73. The summed E-state index contributed by atoms with van der Waals surface area (Å²) in [6, 6.07) is 0. The smallest absolute Gasteiger partial charge is 0.404 e. The molecule has 0 aromatic rings. The second-order valence-electron chi connectivity index (χ2n) is 2.73. The Morgan fingerprint density at radius 3 is 2.83 bits per heavy atom. The summed E-state index contributed by atoms with van der Waals surface area (Å²) in [4.78, 5) is 10.4. The maximum absolute atomic E-state index is 10.4. The molecule has 1 unspecified atom stereocenters. The van der Waals surface area contributed by atoms with Crippen molar-refractivity contribution in [3.05, 3.63) is 12.7 Å². The van der Waals surface area contributed by atoms with Gasteiger partial charge in [0.25, 0.3) is 0 Å². The zero-order valence-electron chi connectivity index (χ0n) is 7.58. The van der Waals surface area contributed by atoms with Gasteiger partial charge in [-0.15, -0.1) is 6.58 Å². The number of amides is 1. The highest BCUT2D eigenvalue weighted by Gasteiger charge is 2.09. The van der Waals surface area contributed by atoms with Crippen molar-refractivity contribution in [3.8, 4) is 0 Å². The molecule has 0 fully saturated rings. The van der Waals surface area contributed by atoms with Crippen LogP contribution in [0.25, 0.3) is 0 Å². The lowest BCUT2D eigenvalue weighted by Crippen LogP contribution is -2.22. The van der Waals surface area contributed by atoms with Crippen LogP contribution in [0.4, 0.5) is 4.79 Å². The summed E-state index contributed by atoms with van der Waals surface area (Å²) in [6.45, 7) is 5.68. The van der Waals surface area contributed by atoms with E-state index >= 15 is 0 Å². The van der Waals surface area contributed by atoms with Gasteiger partial charge in [-0.2, -0.15) is 0 Å². The molecule has 2 N–H and O–H groups in total. The Kier molecular flexibility index (Phi) is 6.15. The first-order valence-electron chi connectivity index (χ1n) is 4.27. The van der Waals surface area contributed by atoms with E-state index in [1.807, 2.05) is 0 Å². The van der Waals surface area contributed by atoms with Crippen LogP contribution in [0.3, 0.4) is 0 Å². The average Bonchev–Trinajstić information content (AvgIpc) is 2.00. The molecule has 3 nitrogen and oxygen atoms in total. The van der Waals surface area contributed by atoms with Crippen molar-refractivity contribution < 1.29 is 9.53 Å². The number of carbonyl (C=O) groups excluding carboxylic acids is 1. The van der Waals surface area contributed by atoms with E-state index in [2.05, 4.69) is 13.5 Å². The van der Waals surface area contributed by atoms with Gasteiger partial charge >= 0.3 is 6.09 Å². The molecule has 0 rings (SSSR count). The number of ether oxygens (including phenoxy) is 1. The van der Waals surface area contributed by atoms with Gasteiger partial charge in [-0.05, 0) is 6.42 Å². The molecule has 3 heteroatoms. The maximum Gasteiger partial charge on any atom is 0.404 e. The van der Waals surface area contributed by atoms with Crippen LogP contribution in [0, 0.1) is 0 Å². The van der Waals surface area contributed by atoms with Crippen LogP contribution < -0.4 is 5.73 Å². The van der Waals surface area contributed by atoms with Crippen molar-refractivity contribution in [2.45, 2.75) is 38.7 Å². The molecule has 1 amide bonds. The lowest BCUT2D eigenvalue weighted by Gasteiger charge is -2.13. The standard InChI is InChI=1S/C9H17NO2/c1-3-5-7-8(6-4-2)12-9(10)11/h4,8H,2-3,5-7H2,1H3,(H2,10,11). The SMILES string of the molecule is C=CCC(CCCC)OC(N)=O. The lowest BCUT2D eigenvalue weighted by molar-refractivity contribution is 0.101. The topological polar surface area (TPSA) is 52.3 Å². The molecule has 0 heterocycles. The monoisotopic (exact) mass is 171 g/mol. The van der Waals surface area contributed by atoms with Crippen molar-refractivity contribution in [3.63, 3.8) is 0 Å². The summed E-state index contributed by atoms with van der Waals surface area (Å²) in [5.41, 5.74) is 4.90. The van der Waals surface area contributed by atoms with Crippen LogP contribution in [0.15, 0.2) is 12.7 Å². The molecule has 1 atom stereocenters. The number of unbranched alkanes of at least 4 members (excludes halogenated alkanes) is 1. The number of rotatable bonds is 6. The van der Waals surface area contributed by atoms with E-state index in [4.69, 9.17) is 10.5 Å². The maximum atomic E-state index is 10.4. The Balaban J connectivity index is 3.68. The Morgan fingerprint density at radius 2 is 2.42 bits per heavy atom. The highest BCUT2D eigenvalue weighted by atomic mass is 16.6. The van der Waals surface area contributed by atoms with E-state index in [0.717, 1.165) is 19.3 Å². The number of nitrogens with two attached hydrogens (primary N) is 1. The molecular formula is C9H17NO2. The fraction of sp³-hybridized carbons (Fsp3) is 0.667. The number of hydrogen-bond donors (Lipinski definition) is 1. The van der Waals surface area contributed by atoms with Crippen molar-refractivity contribution in [2.75, 3.05) is 0 Å². The van der Waals surface area contributed by atoms with Gasteiger partial charge in [-0.1, -0.05) is 25.8 Å². The predicted molar refractivity (Wildman–Crippen MR) is 48.8 cm³/mol. The van der Waals surface area contributed by atoms with Gasteiger partial charge in [0.05, 0.1) is 0 Å². The molecule has 0 aromatic carbocycles. The largest absolute Gasteiger partial charge is 0.446 e. The minimum Gasteiger partial charge on any atom is -0.446 e. The molecule has 0 spiro atoms. The van der Waals surface area contributed by atoms with Crippen molar-refractivity contribution in [1.82, 2.24) is 0 Å². The lowest BCUT2D eigenvalue weighted by atomic mass is 10.1. The molecule has 70 valence electrons. The van der Waals surface area contributed by atoms with E-state index in [-0.39, 0.29) is 6.10 Å². The van der Waals surface area contributed by atoms with Crippen LogP contribution in [0.1, 0.15) is 32.6 Å². The zero-order valence-corrected chi connectivity index (χ0v) is 7.58. The van der Waals surface area contributed by atoms with Crippen molar-refractivity contribution in [1.29, 1.82) is 0 Å². The fourth-order valence-corrected chi connectivity index (χ4v) is 1.01. The van der Waals surface area contributed by atoms with Crippen molar-refractivity contribution in [2.24, 2.45) is 5.73 Å². The zero-order chi connectivity index (χ0) is 9.40. The third-order valence-corrected chi connectivity index (χ3v) is 1.59. The molecule has 12 heavy (non-hydrogen) atoms. The highest BCUT2D eigenvalue weighted by molar-refractivity contribution is 5.64. The Hall–Kier alpha value is -0.990. The first kappa shape index (κ1) is 11.0. The van der Waals surface area contributed by atoms with Gasteiger partial charge in [0.15, 0.2) is 0 Å². The van der Waals surface area contributed by atoms with Crippen LogP contribution in [-0.2, 0) is 4.74 Å². The Morgan fingerprint density at radius 1 is 1.75 bits per heavy atom. The number of hydrogen-bond acceptors (Lipinski definition) is 2. The van der Waals surface area contributed by atoms with E-state index in [1.165, 1.54) is 0 Å². The van der Waals surface area contributed by atoms with Gasteiger partial charge in [-0.25, -0.2) is 4.79 Å². The normalized spacial score (nSPS) is 12.1. The van der Waals surface area contributed by atoms with Gasteiger partial charge in [-0.3, -0.25) is 0 Å². The molecule has 0 radical (unpaired) electrons. The van der Waals surface area contributed by atoms with E-state index in [1.54, 1.807) is 6.08 Å². The quantitative estimate of drug-likeness (QED) is 0.623. The molecule has 0 aliphatic heterocycles. The highest BCUT2D eigenvalue weighted by Crippen LogP contribution is 2.08. The third-order valence-electron chi connectivity index (χ3n) is 1.59. The Labute approximate surface area is 73.6 Å². The van der Waals surface area contributed by atoms with Gasteiger partial charge in [0.2, 0.25) is 0 Å². The molecule has 0 aromatic heterocycles. The Bertz CT molecular complexity index is 145. The molecule has 0 saturated heterocycles. The average molecular weight is 171 g/mol. The first-order valence-corrected chi connectivity index (χ1v) is 4.27. The summed E-state index contributed by atoms with van der Waals surface area (Å²) < 4.78 is 4.86. The number of carbonyl (C=O) groups is 1. The molecule has 0 aliphatic rings. The van der Waals surface area contributed by atoms with E-state index in [0.29, 0.717) is 6.42 Å². The van der Waals surface area contributed by atoms with Gasteiger partial charge < -0.3 is 10.5 Å². The predicted octanol–water partition coefficient (Wildman–Crippen LogP) is 2.22. The second kappa shape index (κ2) is 6.70. The molecular weight excluding hydrogens is 154 g/mol. The van der Waals surface area contributed by atoms with Crippen LogP contribution in [0.5, 0.6) is 0 Å². The van der Waals surface area contributed by atoms with Crippen LogP contribution >= 0.6 is 0 Å². The minimum atomic E-state index is -0.696. The minimum absolute atomic E-state index is 0.0834. The summed E-state index contributed by atoms with van der Waals surface area (Å²) in [5.74, 6) is 0. The molecule has 0 bridgehead atoms. The van der Waals surface area contributed by atoms with Crippen LogP contribution in [0.2, 0.25) is 0 Å². The number of primary amides is 1. The van der Waals surface area contributed by atoms with Crippen LogP contribution in [-0.4, -0.2) is 12.2 Å². The summed E-state index contributed by atoms with van der Waals surface area (Å²) in [7, 11) is 0. The van der Waals surface area contributed by atoms with E-state index < -0.39 is 6.09 Å². The van der Waals surface area contributed by atoms with E-state index in [9.17, 15) is 4.79 Å². The summed E-state index contributed by atoms with van der Waals surface area (Å²) >= 11 is 0. The summed E-state index contributed by atoms with van der Waals surface area (Å²) in [6.07, 6.45) is 4.65. The van der Waals surface area contributed by atoms with Gasteiger partial charge in [0.1, 0.15) is 6.10 Å². The molecule has 0 aliphatic carbocycles. The first-order chi connectivity index (χ1) is 5.70. The third kappa shape index (κ3) is 5.77. The van der Waals surface area contributed by atoms with Gasteiger partial charge in [0, 0.05) is 6.42 Å². The molecule has 0 saturated carbocycles. The summed E-state index contributed by atoms with van der Waals surface area (Å²) in [5, 5.41) is 0. The fourth-order valence-electron chi connectivity index (χ4n) is 1.01.